The Bertz CT molecular complexity index is 798. The Hall–Kier alpha value is -2.21. The molecule has 0 saturated heterocycles. The fraction of sp³-hybridized carbons (Fsp3) is 0.235. The van der Waals surface area contributed by atoms with Crippen LogP contribution in [0.4, 0.5) is 13.2 Å². The summed E-state index contributed by atoms with van der Waals surface area (Å²) < 4.78 is 47.2. The van der Waals surface area contributed by atoms with Crippen LogP contribution in [0.2, 0.25) is 5.15 Å². The Balaban J connectivity index is 2.10. The van der Waals surface area contributed by atoms with Crippen LogP contribution in [0.15, 0.2) is 42.6 Å². The molecule has 0 radical (unpaired) electrons. The number of pyridine rings is 1. The summed E-state index contributed by atoms with van der Waals surface area (Å²) in [5.74, 6) is 0.166. The van der Waals surface area contributed by atoms with Crippen LogP contribution < -0.4 is 9.47 Å². The monoisotopic (exact) mass is 355 g/mol. The lowest BCUT2D eigenvalue weighted by molar-refractivity contribution is -0.274. The largest absolute Gasteiger partial charge is 0.573 e. The number of halogens is 4. The van der Waals surface area contributed by atoms with Crippen LogP contribution in [-0.4, -0.2) is 16.9 Å². The Morgan fingerprint density at radius 1 is 1.17 bits per heavy atom. The molecule has 1 aliphatic heterocycles. The van der Waals surface area contributed by atoms with Gasteiger partial charge in [0.05, 0.1) is 0 Å². The zero-order valence-corrected chi connectivity index (χ0v) is 13.6. The van der Waals surface area contributed by atoms with E-state index < -0.39 is 12.0 Å². The maximum atomic E-state index is 12.5. The number of alkyl halides is 3. The molecule has 2 aromatic rings. The number of rotatable bonds is 2. The van der Waals surface area contributed by atoms with Crippen molar-refractivity contribution in [1.29, 1.82) is 0 Å². The van der Waals surface area contributed by atoms with Gasteiger partial charge in [-0.3, -0.25) is 0 Å². The molecule has 3 nitrogen and oxygen atoms in total. The molecule has 0 bridgehead atoms. The van der Waals surface area contributed by atoms with Crippen LogP contribution in [0.1, 0.15) is 25.0 Å². The second-order valence-corrected chi connectivity index (χ2v) is 6.23. The second-order valence-electron chi connectivity index (χ2n) is 5.84. The third-order valence-electron chi connectivity index (χ3n) is 3.38. The van der Waals surface area contributed by atoms with Gasteiger partial charge in [0.2, 0.25) is 0 Å². The average Bonchev–Trinajstić information content (AvgIpc) is 2.45. The highest BCUT2D eigenvalue weighted by Crippen LogP contribution is 2.41. The number of hydrogen-bond acceptors (Lipinski definition) is 3. The van der Waals surface area contributed by atoms with E-state index in [4.69, 9.17) is 16.3 Å². The van der Waals surface area contributed by atoms with Crippen LogP contribution >= 0.6 is 11.6 Å². The molecule has 0 saturated carbocycles. The van der Waals surface area contributed by atoms with Crippen molar-refractivity contribution < 1.29 is 22.6 Å². The molecule has 0 N–H and O–H groups in total. The van der Waals surface area contributed by atoms with Gasteiger partial charge in [0.1, 0.15) is 22.3 Å². The fourth-order valence-corrected chi connectivity index (χ4v) is 2.63. The number of fused-ring (bicyclic) bond motifs is 1. The average molecular weight is 356 g/mol. The van der Waals surface area contributed by atoms with Gasteiger partial charge in [-0.2, -0.15) is 0 Å². The molecular formula is C17H13ClF3NO2. The molecular weight excluding hydrogens is 343 g/mol. The first-order valence-corrected chi connectivity index (χ1v) is 7.45. The lowest BCUT2D eigenvalue weighted by atomic mass is 9.90. The third-order valence-corrected chi connectivity index (χ3v) is 3.60. The van der Waals surface area contributed by atoms with Crippen LogP contribution in [0.25, 0.3) is 5.57 Å². The van der Waals surface area contributed by atoms with E-state index in [2.05, 4.69) is 9.72 Å². The molecule has 7 heteroatoms. The van der Waals surface area contributed by atoms with Gasteiger partial charge in [-0.1, -0.05) is 11.6 Å². The zero-order chi connectivity index (χ0) is 17.5. The van der Waals surface area contributed by atoms with Crippen molar-refractivity contribution in [2.75, 3.05) is 0 Å². The van der Waals surface area contributed by atoms with Gasteiger partial charge in [-0.15, -0.1) is 13.2 Å². The van der Waals surface area contributed by atoms with Gasteiger partial charge in [0.25, 0.3) is 0 Å². The minimum Gasteiger partial charge on any atom is -0.483 e. The summed E-state index contributed by atoms with van der Waals surface area (Å²) in [4.78, 5) is 4.03. The summed E-state index contributed by atoms with van der Waals surface area (Å²) in [6.45, 7) is 3.72. The minimum absolute atomic E-state index is 0.308. The normalized spacial score (nSPS) is 16.0. The fourth-order valence-electron chi connectivity index (χ4n) is 2.52. The molecule has 0 fully saturated rings. The predicted octanol–water partition coefficient (Wildman–Crippen LogP) is 5.24. The van der Waals surface area contributed by atoms with Crippen molar-refractivity contribution in [2.24, 2.45) is 0 Å². The zero-order valence-electron chi connectivity index (χ0n) is 12.8. The molecule has 0 unspecified atom stereocenters. The maximum absolute atomic E-state index is 12.5. The molecule has 0 amide bonds. The highest BCUT2D eigenvalue weighted by molar-refractivity contribution is 6.29. The van der Waals surface area contributed by atoms with Gasteiger partial charge in [0.15, 0.2) is 0 Å². The van der Waals surface area contributed by atoms with Crippen molar-refractivity contribution in [3.8, 4) is 11.5 Å². The Labute approximate surface area is 141 Å². The number of aromatic nitrogens is 1. The molecule has 24 heavy (non-hydrogen) atoms. The van der Waals surface area contributed by atoms with Crippen molar-refractivity contribution in [1.82, 2.24) is 4.98 Å². The van der Waals surface area contributed by atoms with Crippen molar-refractivity contribution >= 4 is 17.2 Å². The first kappa shape index (κ1) is 16.6. The van der Waals surface area contributed by atoms with Gasteiger partial charge < -0.3 is 9.47 Å². The summed E-state index contributed by atoms with van der Waals surface area (Å²) in [6.07, 6.45) is -1.36. The quantitative estimate of drug-likeness (QED) is 0.691. The summed E-state index contributed by atoms with van der Waals surface area (Å²) in [5, 5.41) is 0.333. The molecule has 0 aliphatic carbocycles. The highest BCUT2D eigenvalue weighted by Gasteiger charge is 2.33. The molecule has 0 atom stereocenters. The van der Waals surface area contributed by atoms with Crippen LogP contribution in [0, 0.1) is 0 Å². The van der Waals surface area contributed by atoms with E-state index in [1.807, 2.05) is 19.9 Å². The Kier molecular flexibility index (Phi) is 3.95. The Morgan fingerprint density at radius 2 is 1.92 bits per heavy atom. The molecule has 3 rings (SSSR count). The number of ether oxygens (including phenoxy) is 2. The standard InChI is InChI=1S/C17H13ClF3NO2/c1-16(2)8-13(10-3-6-15(18)22-9-10)12-7-11(23-17(19,20)21)4-5-14(12)24-16/h3-9H,1-2H3. The molecule has 2 heterocycles. The van der Waals surface area contributed by atoms with E-state index in [0.717, 1.165) is 5.56 Å². The summed E-state index contributed by atoms with van der Waals surface area (Å²) in [6, 6.07) is 7.37. The van der Waals surface area contributed by atoms with Crippen LogP contribution in [0.3, 0.4) is 0 Å². The van der Waals surface area contributed by atoms with Gasteiger partial charge in [0, 0.05) is 17.3 Å². The SMILES string of the molecule is CC1(C)C=C(c2ccc(Cl)nc2)c2cc(OC(F)(F)F)ccc2O1. The van der Waals surface area contributed by atoms with Gasteiger partial charge in [-0.05, 0) is 55.8 Å². The third kappa shape index (κ3) is 3.64. The topological polar surface area (TPSA) is 31.4 Å². The number of benzene rings is 1. The van der Waals surface area contributed by atoms with Gasteiger partial charge in [-0.25, -0.2) is 4.98 Å². The lowest BCUT2D eigenvalue weighted by Gasteiger charge is -2.31. The molecule has 1 aliphatic rings. The summed E-state index contributed by atoms with van der Waals surface area (Å²) in [5.41, 5.74) is 1.31. The van der Waals surface area contributed by atoms with E-state index >= 15 is 0 Å². The van der Waals surface area contributed by atoms with Crippen LogP contribution in [0.5, 0.6) is 11.5 Å². The molecule has 126 valence electrons. The highest BCUT2D eigenvalue weighted by atomic mass is 35.5. The number of hydrogen-bond donors (Lipinski definition) is 0. The Morgan fingerprint density at radius 3 is 2.54 bits per heavy atom. The van der Waals surface area contributed by atoms with Crippen molar-refractivity contribution in [3.05, 3.63) is 58.9 Å². The van der Waals surface area contributed by atoms with E-state index in [0.29, 0.717) is 22.0 Å². The van der Waals surface area contributed by atoms with E-state index in [1.165, 1.54) is 18.2 Å². The first-order valence-electron chi connectivity index (χ1n) is 7.07. The lowest BCUT2D eigenvalue weighted by Crippen LogP contribution is -2.29. The van der Waals surface area contributed by atoms with E-state index in [1.54, 1.807) is 18.3 Å². The summed E-state index contributed by atoms with van der Waals surface area (Å²) in [7, 11) is 0. The first-order chi connectivity index (χ1) is 11.1. The molecule has 0 spiro atoms. The minimum atomic E-state index is -4.76. The predicted molar refractivity (Wildman–Crippen MR) is 84.2 cm³/mol. The second kappa shape index (κ2) is 5.70. The number of nitrogens with zero attached hydrogens (tertiary/aromatic N) is 1. The summed E-state index contributed by atoms with van der Waals surface area (Å²) >= 11 is 5.80. The van der Waals surface area contributed by atoms with Crippen LogP contribution in [-0.2, 0) is 0 Å². The van der Waals surface area contributed by atoms with Crippen molar-refractivity contribution in [3.63, 3.8) is 0 Å². The molecule has 1 aromatic heterocycles. The van der Waals surface area contributed by atoms with E-state index in [9.17, 15) is 13.2 Å². The van der Waals surface area contributed by atoms with Gasteiger partial charge >= 0.3 is 6.36 Å². The van der Waals surface area contributed by atoms with E-state index in [-0.39, 0.29) is 5.75 Å². The van der Waals surface area contributed by atoms with Crippen molar-refractivity contribution in [2.45, 2.75) is 25.8 Å². The smallest absolute Gasteiger partial charge is 0.483 e. The maximum Gasteiger partial charge on any atom is 0.573 e. The molecule has 1 aromatic carbocycles.